The molecule has 23 heavy (non-hydrogen) atoms. The number of hydrogen-bond acceptors (Lipinski definition) is 5. The molecule has 0 heterocycles. The lowest BCUT2D eigenvalue weighted by molar-refractivity contribution is -0.223. The van der Waals surface area contributed by atoms with E-state index in [1.54, 1.807) is 0 Å². The van der Waals surface area contributed by atoms with E-state index in [-0.39, 0.29) is 12.5 Å². The Morgan fingerprint density at radius 2 is 1.13 bits per heavy atom. The first kappa shape index (κ1) is 20.1. The van der Waals surface area contributed by atoms with Gasteiger partial charge in [-0.2, -0.15) is 0 Å². The number of aliphatic hydroxyl groups is 1. The standard InChI is InChI=1S/C18H30O5/c1-5-20-17(21-6-2)16(18(22-7-3)23-8-4)15-11-9-14(13-19)10-12-15/h9-12,16-19H,5-8,13H2,1-4H3. The largest absolute Gasteiger partial charge is 0.392 e. The zero-order chi connectivity index (χ0) is 17.1. The van der Waals surface area contributed by atoms with E-state index < -0.39 is 12.6 Å². The maximum absolute atomic E-state index is 9.22. The number of aliphatic hydroxyl groups excluding tert-OH is 1. The Hall–Kier alpha value is -0.980. The summed E-state index contributed by atoms with van der Waals surface area (Å²) in [5, 5.41) is 9.22. The van der Waals surface area contributed by atoms with Crippen molar-refractivity contribution in [3.05, 3.63) is 35.4 Å². The van der Waals surface area contributed by atoms with Crippen molar-refractivity contribution in [2.24, 2.45) is 0 Å². The molecule has 1 N–H and O–H groups in total. The molecule has 0 aliphatic heterocycles. The summed E-state index contributed by atoms with van der Waals surface area (Å²) in [5.41, 5.74) is 1.86. The molecule has 0 bridgehead atoms. The first-order chi connectivity index (χ1) is 11.2. The molecule has 0 aliphatic carbocycles. The van der Waals surface area contributed by atoms with Crippen LogP contribution in [0.25, 0.3) is 0 Å². The molecule has 132 valence electrons. The monoisotopic (exact) mass is 326 g/mol. The Morgan fingerprint density at radius 1 is 0.739 bits per heavy atom. The molecule has 0 spiro atoms. The molecular weight excluding hydrogens is 296 g/mol. The highest BCUT2D eigenvalue weighted by Crippen LogP contribution is 2.30. The molecule has 0 unspecified atom stereocenters. The summed E-state index contributed by atoms with van der Waals surface area (Å²) in [7, 11) is 0. The topological polar surface area (TPSA) is 57.2 Å². The van der Waals surface area contributed by atoms with E-state index in [4.69, 9.17) is 18.9 Å². The lowest BCUT2D eigenvalue weighted by Crippen LogP contribution is -2.37. The van der Waals surface area contributed by atoms with Gasteiger partial charge < -0.3 is 24.1 Å². The second-order valence-corrected chi connectivity index (χ2v) is 4.98. The third-order valence-electron chi connectivity index (χ3n) is 3.46. The second-order valence-electron chi connectivity index (χ2n) is 4.98. The summed E-state index contributed by atoms with van der Waals surface area (Å²) in [4.78, 5) is 0. The van der Waals surface area contributed by atoms with Gasteiger partial charge in [0.25, 0.3) is 0 Å². The summed E-state index contributed by atoms with van der Waals surface area (Å²) >= 11 is 0. The Kier molecular flexibility index (Phi) is 10.1. The van der Waals surface area contributed by atoms with Crippen molar-refractivity contribution >= 4 is 0 Å². The van der Waals surface area contributed by atoms with E-state index in [9.17, 15) is 5.11 Å². The maximum Gasteiger partial charge on any atom is 0.169 e. The van der Waals surface area contributed by atoms with Crippen LogP contribution in [0.4, 0.5) is 0 Å². The van der Waals surface area contributed by atoms with Crippen molar-refractivity contribution in [1.29, 1.82) is 0 Å². The molecule has 0 radical (unpaired) electrons. The van der Waals surface area contributed by atoms with E-state index in [1.165, 1.54) is 0 Å². The van der Waals surface area contributed by atoms with Gasteiger partial charge in [0.2, 0.25) is 0 Å². The highest BCUT2D eigenvalue weighted by molar-refractivity contribution is 5.26. The predicted octanol–water partition coefficient (Wildman–Crippen LogP) is 3.06. The van der Waals surface area contributed by atoms with Crippen LogP contribution in [-0.2, 0) is 25.6 Å². The third-order valence-corrected chi connectivity index (χ3v) is 3.46. The van der Waals surface area contributed by atoms with Gasteiger partial charge >= 0.3 is 0 Å². The summed E-state index contributed by atoms with van der Waals surface area (Å²) in [6, 6.07) is 7.72. The minimum Gasteiger partial charge on any atom is -0.392 e. The van der Waals surface area contributed by atoms with Crippen LogP contribution in [-0.4, -0.2) is 44.1 Å². The van der Waals surface area contributed by atoms with Gasteiger partial charge in [-0.3, -0.25) is 0 Å². The summed E-state index contributed by atoms with van der Waals surface area (Å²) in [5.74, 6) is -0.206. The van der Waals surface area contributed by atoms with Gasteiger partial charge in [-0.15, -0.1) is 0 Å². The molecule has 1 aromatic rings. The molecule has 0 fully saturated rings. The van der Waals surface area contributed by atoms with Crippen LogP contribution < -0.4 is 0 Å². The van der Waals surface area contributed by atoms with Crippen molar-refractivity contribution in [1.82, 2.24) is 0 Å². The number of hydrogen-bond donors (Lipinski definition) is 1. The molecular formula is C18H30O5. The van der Waals surface area contributed by atoms with Crippen molar-refractivity contribution < 1.29 is 24.1 Å². The first-order valence-corrected chi connectivity index (χ1v) is 8.37. The van der Waals surface area contributed by atoms with E-state index in [2.05, 4.69) is 0 Å². The maximum atomic E-state index is 9.22. The molecule has 0 aliphatic rings. The van der Waals surface area contributed by atoms with Gasteiger partial charge in [-0.25, -0.2) is 0 Å². The number of rotatable bonds is 12. The Balaban J connectivity index is 3.14. The van der Waals surface area contributed by atoms with Crippen molar-refractivity contribution in [2.45, 2.75) is 52.8 Å². The Bertz CT molecular complexity index is 378. The fourth-order valence-corrected chi connectivity index (χ4v) is 2.46. The van der Waals surface area contributed by atoms with Gasteiger partial charge in [-0.1, -0.05) is 24.3 Å². The van der Waals surface area contributed by atoms with E-state index in [1.807, 2.05) is 52.0 Å². The third kappa shape index (κ3) is 6.20. The average Bonchev–Trinajstić information content (AvgIpc) is 2.56. The summed E-state index contributed by atoms with van der Waals surface area (Å²) < 4.78 is 23.2. The van der Waals surface area contributed by atoms with Crippen molar-refractivity contribution in [2.75, 3.05) is 26.4 Å². The van der Waals surface area contributed by atoms with E-state index in [0.717, 1.165) is 11.1 Å². The molecule has 0 amide bonds. The van der Waals surface area contributed by atoms with Crippen molar-refractivity contribution in [3.8, 4) is 0 Å². The van der Waals surface area contributed by atoms with Gasteiger partial charge in [0.05, 0.1) is 12.5 Å². The fourth-order valence-electron chi connectivity index (χ4n) is 2.46. The molecule has 1 rings (SSSR count). The minimum absolute atomic E-state index is 0.0195. The summed E-state index contributed by atoms with van der Waals surface area (Å²) in [6.07, 6.45) is -0.902. The van der Waals surface area contributed by atoms with Crippen LogP contribution in [0.2, 0.25) is 0 Å². The van der Waals surface area contributed by atoms with Crippen LogP contribution in [0.1, 0.15) is 44.7 Å². The Morgan fingerprint density at radius 3 is 1.43 bits per heavy atom. The number of benzene rings is 1. The highest BCUT2D eigenvalue weighted by Gasteiger charge is 2.33. The average molecular weight is 326 g/mol. The second kappa shape index (κ2) is 11.5. The lowest BCUT2D eigenvalue weighted by atomic mass is 9.96. The zero-order valence-electron chi connectivity index (χ0n) is 14.7. The van der Waals surface area contributed by atoms with Gasteiger partial charge in [0.1, 0.15) is 0 Å². The van der Waals surface area contributed by atoms with Crippen molar-refractivity contribution in [3.63, 3.8) is 0 Å². The van der Waals surface area contributed by atoms with Crippen LogP contribution in [0.15, 0.2) is 24.3 Å². The lowest BCUT2D eigenvalue weighted by Gasteiger charge is -2.33. The number of ether oxygens (including phenoxy) is 4. The molecule has 0 saturated heterocycles. The first-order valence-electron chi connectivity index (χ1n) is 8.37. The van der Waals surface area contributed by atoms with Crippen LogP contribution in [0, 0.1) is 0 Å². The minimum atomic E-state index is -0.451. The molecule has 0 saturated carbocycles. The van der Waals surface area contributed by atoms with Crippen LogP contribution >= 0.6 is 0 Å². The smallest absolute Gasteiger partial charge is 0.169 e. The Labute approximate surface area is 139 Å². The van der Waals surface area contributed by atoms with Crippen LogP contribution in [0.5, 0.6) is 0 Å². The quantitative estimate of drug-likeness (QED) is 0.598. The van der Waals surface area contributed by atoms with Crippen LogP contribution in [0.3, 0.4) is 0 Å². The molecule has 5 heteroatoms. The summed E-state index contributed by atoms with van der Waals surface area (Å²) in [6.45, 7) is 9.94. The molecule has 0 atom stereocenters. The van der Waals surface area contributed by atoms with E-state index in [0.29, 0.717) is 26.4 Å². The highest BCUT2D eigenvalue weighted by atomic mass is 16.7. The predicted molar refractivity (Wildman–Crippen MR) is 89.2 cm³/mol. The zero-order valence-corrected chi connectivity index (χ0v) is 14.7. The van der Waals surface area contributed by atoms with Gasteiger partial charge in [0.15, 0.2) is 12.6 Å². The molecule has 0 aromatic heterocycles. The fraction of sp³-hybridized carbons (Fsp3) is 0.667. The van der Waals surface area contributed by atoms with E-state index >= 15 is 0 Å². The normalized spacial score (nSPS) is 11.8. The van der Waals surface area contributed by atoms with Gasteiger partial charge in [-0.05, 0) is 38.8 Å². The molecule has 5 nitrogen and oxygen atoms in total. The molecule has 1 aromatic carbocycles. The SMILES string of the molecule is CCOC(OCC)C(c1ccc(CO)cc1)C(OCC)OCC. The van der Waals surface area contributed by atoms with Gasteiger partial charge in [0, 0.05) is 26.4 Å².